The van der Waals surface area contributed by atoms with Crippen LogP contribution in [0.1, 0.15) is 0 Å². The zero-order valence-electron chi connectivity index (χ0n) is 10.4. The number of rotatable bonds is 4. The Morgan fingerprint density at radius 2 is 2.16 bits per heavy atom. The summed E-state index contributed by atoms with van der Waals surface area (Å²) in [6, 6.07) is 7.90. The maximum absolute atomic E-state index is 11.7. The number of hydrogen-bond acceptors (Lipinski definition) is 4. The molecular formula is C13H15N3O3. The predicted molar refractivity (Wildman–Crippen MR) is 68.4 cm³/mol. The number of nitrogens with one attached hydrogen (secondary N) is 1. The van der Waals surface area contributed by atoms with E-state index in [1.165, 1.54) is 0 Å². The Hall–Kier alpha value is -1.92. The highest BCUT2D eigenvalue weighted by atomic mass is 16.7. The molecule has 1 saturated heterocycles. The minimum absolute atomic E-state index is 0.220. The Morgan fingerprint density at radius 1 is 1.37 bits per heavy atom. The van der Waals surface area contributed by atoms with Crippen molar-refractivity contribution >= 4 is 16.9 Å². The quantitative estimate of drug-likeness (QED) is 0.871. The van der Waals surface area contributed by atoms with E-state index in [0.29, 0.717) is 26.3 Å². The van der Waals surface area contributed by atoms with Crippen molar-refractivity contribution in [1.29, 1.82) is 0 Å². The number of carbonyl (C=O) groups is 1. The molecular weight excluding hydrogens is 246 g/mol. The number of fused-ring (bicyclic) bond motifs is 1. The minimum atomic E-state index is -0.750. The molecule has 19 heavy (non-hydrogen) atoms. The summed E-state index contributed by atoms with van der Waals surface area (Å²) in [6.07, 6.45) is 1.03. The van der Waals surface area contributed by atoms with Gasteiger partial charge in [-0.25, -0.2) is 4.98 Å². The van der Waals surface area contributed by atoms with Crippen LogP contribution in [0.2, 0.25) is 0 Å². The third kappa shape index (κ3) is 2.59. The van der Waals surface area contributed by atoms with E-state index in [0.717, 1.165) is 11.0 Å². The summed E-state index contributed by atoms with van der Waals surface area (Å²) in [5.41, 5.74) is 2.02. The summed E-state index contributed by atoms with van der Waals surface area (Å²) in [5, 5.41) is 2.79. The second kappa shape index (κ2) is 5.38. The SMILES string of the molecule is O=C(NCCn1cnc2ccccc21)C1OCCO1. The van der Waals surface area contributed by atoms with E-state index in [-0.39, 0.29) is 5.91 Å². The lowest BCUT2D eigenvalue weighted by Crippen LogP contribution is -2.36. The fourth-order valence-corrected chi connectivity index (χ4v) is 2.08. The highest BCUT2D eigenvalue weighted by Gasteiger charge is 2.23. The molecule has 0 aliphatic carbocycles. The summed E-state index contributed by atoms with van der Waals surface area (Å²) in [6.45, 7) is 2.13. The van der Waals surface area contributed by atoms with Gasteiger partial charge in [0, 0.05) is 13.1 Å². The lowest BCUT2D eigenvalue weighted by atomic mass is 10.3. The molecule has 6 nitrogen and oxygen atoms in total. The Morgan fingerprint density at radius 3 is 3.00 bits per heavy atom. The summed E-state index contributed by atoms with van der Waals surface area (Å²) in [5.74, 6) is -0.220. The molecule has 1 aromatic carbocycles. The molecule has 2 aromatic rings. The molecule has 2 heterocycles. The maximum Gasteiger partial charge on any atom is 0.277 e. The molecule has 1 aliphatic rings. The first-order chi connectivity index (χ1) is 9.34. The molecule has 1 aliphatic heterocycles. The van der Waals surface area contributed by atoms with Crippen molar-refractivity contribution in [3.63, 3.8) is 0 Å². The Balaban J connectivity index is 1.56. The average molecular weight is 261 g/mol. The Bertz CT molecular complexity index is 575. The maximum atomic E-state index is 11.7. The molecule has 6 heteroatoms. The zero-order chi connectivity index (χ0) is 13.1. The number of nitrogens with zero attached hydrogens (tertiary/aromatic N) is 2. The van der Waals surface area contributed by atoms with Gasteiger partial charge < -0.3 is 19.4 Å². The number of aromatic nitrogens is 2. The van der Waals surface area contributed by atoms with E-state index in [4.69, 9.17) is 9.47 Å². The molecule has 0 saturated carbocycles. The normalized spacial score (nSPS) is 16.0. The van der Waals surface area contributed by atoms with Crippen LogP contribution in [0.15, 0.2) is 30.6 Å². The van der Waals surface area contributed by atoms with E-state index in [2.05, 4.69) is 10.3 Å². The monoisotopic (exact) mass is 261 g/mol. The standard InChI is InChI=1S/C13H15N3O3/c17-12(13-18-7-8-19-13)14-5-6-16-9-15-10-3-1-2-4-11(10)16/h1-4,9,13H,5-8H2,(H,14,17). The third-order valence-corrected chi connectivity index (χ3v) is 3.02. The smallest absolute Gasteiger partial charge is 0.277 e. The van der Waals surface area contributed by atoms with Gasteiger partial charge in [-0.15, -0.1) is 0 Å². The van der Waals surface area contributed by atoms with Crippen molar-refractivity contribution in [3.05, 3.63) is 30.6 Å². The lowest BCUT2D eigenvalue weighted by molar-refractivity contribution is -0.146. The summed E-state index contributed by atoms with van der Waals surface area (Å²) in [4.78, 5) is 15.9. The first-order valence-corrected chi connectivity index (χ1v) is 6.25. The van der Waals surface area contributed by atoms with Crippen LogP contribution in [-0.2, 0) is 20.8 Å². The molecule has 1 fully saturated rings. The molecule has 1 aromatic heterocycles. The van der Waals surface area contributed by atoms with E-state index >= 15 is 0 Å². The minimum Gasteiger partial charge on any atom is -0.350 e. The van der Waals surface area contributed by atoms with Crippen LogP contribution in [0.4, 0.5) is 0 Å². The topological polar surface area (TPSA) is 65.4 Å². The molecule has 0 bridgehead atoms. The van der Waals surface area contributed by atoms with Crippen molar-refractivity contribution in [3.8, 4) is 0 Å². The van der Waals surface area contributed by atoms with Gasteiger partial charge in [0.15, 0.2) is 0 Å². The van der Waals surface area contributed by atoms with Gasteiger partial charge in [0.2, 0.25) is 6.29 Å². The van der Waals surface area contributed by atoms with Crippen LogP contribution in [0.3, 0.4) is 0 Å². The zero-order valence-corrected chi connectivity index (χ0v) is 10.4. The number of para-hydroxylation sites is 2. The number of hydrogen-bond donors (Lipinski definition) is 1. The van der Waals surface area contributed by atoms with Crippen molar-refractivity contribution in [2.75, 3.05) is 19.8 Å². The first kappa shape index (κ1) is 12.1. The summed E-state index contributed by atoms with van der Waals surface area (Å²) in [7, 11) is 0. The van der Waals surface area contributed by atoms with Crippen molar-refractivity contribution < 1.29 is 14.3 Å². The van der Waals surface area contributed by atoms with Gasteiger partial charge in [0.25, 0.3) is 5.91 Å². The number of carbonyl (C=O) groups excluding carboxylic acids is 1. The van der Waals surface area contributed by atoms with Crippen molar-refractivity contribution in [2.24, 2.45) is 0 Å². The summed E-state index contributed by atoms with van der Waals surface area (Å²) < 4.78 is 12.2. The van der Waals surface area contributed by atoms with Crippen LogP contribution in [-0.4, -0.2) is 41.5 Å². The third-order valence-electron chi connectivity index (χ3n) is 3.02. The second-order valence-electron chi connectivity index (χ2n) is 4.29. The van der Waals surface area contributed by atoms with Crippen LogP contribution < -0.4 is 5.32 Å². The van der Waals surface area contributed by atoms with Gasteiger partial charge >= 0.3 is 0 Å². The van der Waals surface area contributed by atoms with Crippen LogP contribution in [0.25, 0.3) is 11.0 Å². The van der Waals surface area contributed by atoms with Crippen LogP contribution in [0, 0.1) is 0 Å². The van der Waals surface area contributed by atoms with Crippen LogP contribution >= 0.6 is 0 Å². The van der Waals surface area contributed by atoms with E-state index in [9.17, 15) is 4.79 Å². The van der Waals surface area contributed by atoms with Crippen molar-refractivity contribution in [2.45, 2.75) is 12.8 Å². The molecule has 3 rings (SSSR count). The molecule has 0 unspecified atom stereocenters. The second-order valence-corrected chi connectivity index (χ2v) is 4.29. The number of amides is 1. The van der Waals surface area contributed by atoms with Gasteiger partial charge in [-0.05, 0) is 12.1 Å². The molecule has 1 N–H and O–H groups in total. The lowest BCUT2D eigenvalue weighted by Gasteiger charge is -2.10. The van der Waals surface area contributed by atoms with E-state index in [1.54, 1.807) is 6.33 Å². The van der Waals surface area contributed by atoms with Gasteiger partial charge in [-0.1, -0.05) is 12.1 Å². The number of ether oxygens (including phenoxy) is 2. The molecule has 0 atom stereocenters. The van der Waals surface area contributed by atoms with Crippen molar-refractivity contribution in [1.82, 2.24) is 14.9 Å². The van der Waals surface area contributed by atoms with E-state index in [1.807, 2.05) is 28.8 Å². The molecule has 0 radical (unpaired) electrons. The number of benzene rings is 1. The molecule has 0 spiro atoms. The van der Waals surface area contributed by atoms with E-state index < -0.39 is 6.29 Å². The molecule has 1 amide bonds. The van der Waals surface area contributed by atoms with Gasteiger partial charge in [-0.2, -0.15) is 0 Å². The average Bonchev–Trinajstić information content (AvgIpc) is 3.08. The highest BCUT2D eigenvalue weighted by molar-refractivity contribution is 5.79. The fourth-order valence-electron chi connectivity index (χ4n) is 2.08. The van der Waals surface area contributed by atoms with Gasteiger partial charge in [-0.3, -0.25) is 4.79 Å². The Labute approximate surface area is 110 Å². The predicted octanol–water partition coefficient (Wildman–Crippen LogP) is 0.525. The Kier molecular flexibility index (Phi) is 3.43. The largest absolute Gasteiger partial charge is 0.350 e. The summed E-state index contributed by atoms with van der Waals surface area (Å²) >= 11 is 0. The van der Waals surface area contributed by atoms with Gasteiger partial charge in [0.05, 0.1) is 30.6 Å². The van der Waals surface area contributed by atoms with Crippen LogP contribution in [0.5, 0.6) is 0 Å². The highest BCUT2D eigenvalue weighted by Crippen LogP contribution is 2.11. The number of imidazole rings is 1. The fraction of sp³-hybridized carbons (Fsp3) is 0.385. The van der Waals surface area contributed by atoms with Gasteiger partial charge in [0.1, 0.15) is 0 Å². The molecule has 100 valence electrons. The first-order valence-electron chi connectivity index (χ1n) is 6.25.